The van der Waals surface area contributed by atoms with Gasteiger partial charge in [0.1, 0.15) is 0 Å². The average Bonchev–Trinajstić information content (AvgIpc) is 0.795. The lowest BCUT2D eigenvalue weighted by Crippen LogP contribution is -2.12. The molecule has 0 amide bonds. The lowest BCUT2D eigenvalue weighted by atomic mass is 9.82. The van der Waals surface area contributed by atoms with Crippen LogP contribution in [0.1, 0.15) is 274 Å². The number of fused-ring (bicyclic) bond motifs is 8. The standard InChI is InChI=1S/C15H15ClO.7C15H18.2CH4/c1-10(2)15-12-6-4-3-5-11(12)7-8-13(15)14(17)9-16;1-11-5-6-13-10-14(15(2,3)4)8-7-12(13)9-11;1-11-5-6-12-7-8-14(15(2,3)4)10-13(12)9-11;1-11-6-5-7-12-10-13(15(2,3)4)8-9-14(11)12;1-11-6-5-7-12-8-9-13(10-14(11)12)15(2,3)4;1-11-9-13(15(2,3)4)10-12-7-5-6-8-14(11)12;1-11-9-12-7-5-6-8-13(12)10-14(11)15(2,3)4;1-11-13-8-6-5-7-12(13)9-10-14(11)15(2,3)4;;/h3-8,10H,9H2,1-2H3;7*5-10H,1-4H3;2*1H4. The summed E-state index contributed by atoms with van der Waals surface area (Å²) in [6.07, 6.45) is 0. The molecular weight excluding hydrogens is 1520 g/mol. The summed E-state index contributed by atoms with van der Waals surface area (Å²) in [4.78, 5) is 11.9. The molecular formula is C122H149ClO. The van der Waals surface area contributed by atoms with Gasteiger partial charge in [-0.3, -0.25) is 4.79 Å². The van der Waals surface area contributed by atoms with E-state index in [-0.39, 0.29) is 64.4 Å². The van der Waals surface area contributed by atoms with Crippen molar-refractivity contribution in [2.75, 3.05) is 5.88 Å². The lowest BCUT2D eigenvalue weighted by molar-refractivity contribution is 0.102. The van der Waals surface area contributed by atoms with Crippen molar-refractivity contribution in [3.05, 3.63) is 380 Å². The lowest BCUT2D eigenvalue weighted by Gasteiger charge is -2.22. The van der Waals surface area contributed by atoms with E-state index < -0.39 is 0 Å². The van der Waals surface area contributed by atoms with Gasteiger partial charge in [-0.2, -0.15) is 0 Å². The number of hydrogen-bond acceptors (Lipinski definition) is 1. The molecule has 0 fully saturated rings. The minimum atomic E-state index is 0. The van der Waals surface area contributed by atoms with Gasteiger partial charge in [0, 0.05) is 5.56 Å². The Balaban J connectivity index is 0.000000194. The number of hydrogen-bond donors (Lipinski definition) is 0. The van der Waals surface area contributed by atoms with Crippen molar-refractivity contribution < 1.29 is 4.79 Å². The second-order valence-corrected chi connectivity index (χ2v) is 41.6. The van der Waals surface area contributed by atoms with Crippen molar-refractivity contribution in [1.29, 1.82) is 0 Å². The van der Waals surface area contributed by atoms with E-state index >= 15 is 0 Å². The van der Waals surface area contributed by atoms with Gasteiger partial charge in [0.15, 0.2) is 5.78 Å². The van der Waals surface area contributed by atoms with Gasteiger partial charge < -0.3 is 0 Å². The molecule has 16 aromatic rings. The molecule has 0 N–H and O–H groups in total. The molecule has 16 aromatic carbocycles. The van der Waals surface area contributed by atoms with Crippen LogP contribution in [0.5, 0.6) is 0 Å². The number of aryl methyl sites for hydroxylation is 7. The van der Waals surface area contributed by atoms with Crippen LogP contribution in [0.3, 0.4) is 0 Å². The van der Waals surface area contributed by atoms with Gasteiger partial charge in [-0.05, 0) is 251 Å². The number of alkyl halides is 1. The Morgan fingerprint density at radius 3 is 1.10 bits per heavy atom. The minimum absolute atomic E-state index is 0. The maximum atomic E-state index is 11.9. The summed E-state index contributed by atoms with van der Waals surface area (Å²) in [5.41, 5.74) is 23.0. The summed E-state index contributed by atoms with van der Waals surface area (Å²) in [5, 5.41) is 21.2. The molecule has 0 aliphatic heterocycles. The Kier molecular flexibility index (Phi) is 34.1. The van der Waals surface area contributed by atoms with Gasteiger partial charge in [0.2, 0.25) is 0 Å². The zero-order chi connectivity index (χ0) is 89.8. The first-order valence-electron chi connectivity index (χ1n) is 44.1. The van der Waals surface area contributed by atoms with Crippen LogP contribution in [-0.2, 0) is 37.9 Å². The van der Waals surface area contributed by atoms with E-state index in [1.807, 2.05) is 24.3 Å². The zero-order valence-electron chi connectivity index (χ0n) is 79.8. The molecule has 0 saturated heterocycles. The molecule has 0 aliphatic carbocycles. The summed E-state index contributed by atoms with van der Waals surface area (Å²) < 4.78 is 0. The fraction of sp³-hybridized carbons (Fsp3) is 0.336. The van der Waals surface area contributed by atoms with E-state index in [1.54, 1.807) is 0 Å². The fourth-order valence-electron chi connectivity index (χ4n) is 16.0. The highest BCUT2D eigenvalue weighted by molar-refractivity contribution is 6.31. The Hall–Kier alpha value is -10.4. The average molecular weight is 1670 g/mol. The molecule has 0 atom stereocenters. The third kappa shape index (κ3) is 26.8. The summed E-state index contributed by atoms with van der Waals surface area (Å²) in [6, 6.07) is 105. The molecule has 0 spiro atoms. The normalized spacial score (nSPS) is 11.7. The summed E-state index contributed by atoms with van der Waals surface area (Å²) in [6.45, 7) is 66.9. The topological polar surface area (TPSA) is 17.1 Å². The predicted octanol–water partition coefficient (Wildman–Crippen LogP) is 36.8. The summed E-state index contributed by atoms with van der Waals surface area (Å²) in [5.74, 6) is 0.349. The maximum Gasteiger partial charge on any atom is 0.177 e. The molecule has 0 heterocycles. The Bertz CT molecular complexity index is 6200. The van der Waals surface area contributed by atoms with Crippen LogP contribution in [0.15, 0.2) is 291 Å². The molecule has 124 heavy (non-hydrogen) atoms. The first-order valence-corrected chi connectivity index (χ1v) is 44.7. The highest BCUT2D eigenvalue weighted by Crippen LogP contribution is 2.37. The van der Waals surface area contributed by atoms with Gasteiger partial charge in [0.05, 0.1) is 5.88 Å². The van der Waals surface area contributed by atoms with Crippen molar-refractivity contribution in [2.24, 2.45) is 0 Å². The monoisotopic (exact) mass is 1670 g/mol. The highest BCUT2D eigenvalue weighted by Gasteiger charge is 2.22. The first-order chi connectivity index (χ1) is 57.0. The molecule has 0 radical (unpaired) electrons. The number of carbonyl (C=O) groups excluding carboxylic acids is 1. The van der Waals surface area contributed by atoms with Crippen LogP contribution >= 0.6 is 11.6 Å². The van der Waals surface area contributed by atoms with Crippen LogP contribution in [0.2, 0.25) is 0 Å². The third-order valence-corrected chi connectivity index (χ3v) is 23.7. The van der Waals surface area contributed by atoms with Crippen molar-refractivity contribution >= 4 is 104 Å². The van der Waals surface area contributed by atoms with Gasteiger partial charge in [-0.25, -0.2) is 0 Å². The van der Waals surface area contributed by atoms with Crippen molar-refractivity contribution in [2.45, 2.75) is 266 Å². The van der Waals surface area contributed by atoms with E-state index in [4.69, 9.17) is 11.6 Å². The number of Topliss-reactive ketones (excluding diaryl/α,β-unsaturated/α-hetero) is 1. The predicted molar refractivity (Wildman–Crippen MR) is 558 cm³/mol. The number of ketones is 1. The second-order valence-electron chi connectivity index (χ2n) is 41.3. The number of halogens is 1. The summed E-state index contributed by atoms with van der Waals surface area (Å²) in [7, 11) is 0. The Morgan fingerprint density at radius 1 is 0.250 bits per heavy atom. The Labute approximate surface area is 755 Å². The molecule has 0 aromatic heterocycles. The number of benzene rings is 16. The Morgan fingerprint density at radius 2 is 0.589 bits per heavy atom. The molecule has 16 rings (SSSR count). The van der Waals surface area contributed by atoms with E-state index in [0.717, 1.165) is 16.5 Å². The van der Waals surface area contributed by atoms with Crippen molar-refractivity contribution in [3.63, 3.8) is 0 Å². The van der Waals surface area contributed by atoms with E-state index in [2.05, 4.69) is 475 Å². The third-order valence-electron chi connectivity index (χ3n) is 23.5. The molecule has 0 bridgehead atoms. The van der Waals surface area contributed by atoms with Crippen LogP contribution in [0.25, 0.3) is 86.2 Å². The molecule has 650 valence electrons. The van der Waals surface area contributed by atoms with Gasteiger partial charge >= 0.3 is 0 Å². The van der Waals surface area contributed by atoms with Gasteiger partial charge in [-0.1, -0.05) is 476 Å². The minimum Gasteiger partial charge on any atom is -0.293 e. The van der Waals surface area contributed by atoms with Crippen molar-refractivity contribution in [3.8, 4) is 0 Å². The maximum absolute atomic E-state index is 11.9. The van der Waals surface area contributed by atoms with Crippen LogP contribution in [-0.4, -0.2) is 11.7 Å². The molecule has 2 heteroatoms. The zero-order valence-corrected chi connectivity index (χ0v) is 80.5. The van der Waals surface area contributed by atoms with Crippen LogP contribution in [0, 0.1) is 48.5 Å². The number of carbonyl (C=O) groups is 1. The van der Waals surface area contributed by atoms with E-state index in [1.165, 1.54) is 159 Å². The second kappa shape index (κ2) is 42.0. The molecule has 1 nitrogen and oxygen atoms in total. The quantitative estimate of drug-likeness (QED) is 0.127. The fourth-order valence-corrected chi connectivity index (χ4v) is 16.2. The SMILES string of the molecule is C.C.CC(C)c1c(C(=O)CCl)ccc2ccccc12.Cc1c(C(C)(C)C)ccc2ccccc12.Cc1cc(C(C)(C)C)cc2ccccc12.Cc1cc2ccccc2cc1C(C)(C)C.Cc1ccc2cc(C(C)(C)C)ccc2c1.Cc1ccc2ccc(C(C)(C)C)cc2c1.Cc1cccc2cc(C(C)(C)C)ccc12.Cc1cccc2ccc(C(C)(C)C)cc12. The van der Waals surface area contributed by atoms with Crippen LogP contribution < -0.4 is 0 Å². The molecule has 0 saturated carbocycles. The van der Waals surface area contributed by atoms with Crippen LogP contribution in [0.4, 0.5) is 0 Å². The molecule has 0 aliphatic rings. The first kappa shape index (κ1) is 101. The smallest absolute Gasteiger partial charge is 0.177 e. The largest absolute Gasteiger partial charge is 0.293 e. The number of rotatable bonds is 3. The van der Waals surface area contributed by atoms with E-state index in [0.29, 0.717) is 5.92 Å². The molecule has 0 unspecified atom stereocenters. The van der Waals surface area contributed by atoms with E-state index in [9.17, 15) is 4.79 Å². The summed E-state index contributed by atoms with van der Waals surface area (Å²) >= 11 is 5.66. The highest BCUT2D eigenvalue weighted by atomic mass is 35.5. The van der Waals surface area contributed by atoms with Gasteiger partial charge in [0.25, 0.3) is 0 Å². The van der Waals surface area contributed by atoms with Crippen molar-refractivity contribution in [1.82, 2.24) is 0 Å². The van der Waals surface area contributed by atoms with Gasteiger partial charge in [-0.15, -0.1) is 11.6 Å².